The van der Waals surface area contributed by atoms with Gasteiger partial charge in [0, 0.05) is 11.9 Å². The zero-order chi connectivity index (χ0) is 15.6. The van der Waals surface area contributed by atoms with E-state index in [1.165, 1.54) is 23.5 Å². The van der Waals surface area contributed by atoms with Crippen LogP contribution in [0.25, 0.3) is 0 Å². The van der Waals surface area contributed by atoms with E-state index in [1.807, 2.05) is 13.0 Å². The van der Waals surface area contributed by atoms with Crippen molar-refractivity contribution in [2.75, 3.05) is 11.4 Å². The summed E-state index contributed by atoms with van der Waals surface area (Å²) in [5.41, 5.74) is 1.54. The molecule has 0 saturated heterocycles. The number of benzene rings is 1. The van der Waals surface area contributed by atoms with Crippen LogP contribution in [-0.2, 0) is 21.2 Å². The van der Waals surface area contributed by atoms with Crippen LogP contribution >= 0.6 is 11.3 Å². The van der Waals surface area contributed by atoms with Crippen molar-refractivity contribution in [1.29, 1.82) is 0 Å². The first kappa shape index (κ1) is 15.5. The van der Waals surface area contributed by atoms with Crippen LogP contribution in [0, 0.1) is 6.92 Å². The fourth-order valence-electron chi connectivity index (χ4n) is 1.84. The van der Waals surface area contributed by atoms with Gasteiger partial charge >= 0.3 is 5.97 Å². The van der Waals surface area contributed by atoms with Crippen molar-refractivity contribution in [2.45, 2.75) is 17.6 Å². The average Bonchev–Trinajstić information content (AvgIpc) is 2.86. The van der Waals surface area contributed by atoms with Gasteiger partial charge in [0.15, 0.2) is 0 Å². The van der Waals surface area contributed by atoms with Crippen LogP contribution < -0.4 is 4.31 Å². The molecule has 1 N–H and O–H groups in total. The number of hydrogen-bond acceptors (Lipinski definition) is 4. The highest BCUT2D eigenvalue weighted by Crippen LogP contribution is 2.28. The van der Waals surface area contributed by atoms with E-state index in [4.69, 9.17) is 5.11 Å². The summed E-state index contributed by atoms with van der Waals surface area (Å²) >= 11 is 0.985. The number of aryl methyl sites for hydroxylation is 1. The predicted molar refractivity (Wildman–Crippen MR) is 82.4 cm³/mol. The molecule has 0 aliphatic rings. The second kappa shape index (κ2) is 5.87. The highest BCUT2D eigenvalue weighted by molar-refractivity contribution is 7.94. The molecule has 0 saturated carbocycles. The van der Waals surface area contributed by atoms with Crippen LogP contribution in [-0.4, -0.2) is 26.5 Å². The lowest BCUT2D eigenvalue weighted by atomic mass is 10.2. The third kappa shape index (κ3) is 3.43. The largest absolute Gasteiger partial charge is 0.481 e. The third-order valence-corrected chi connectivity index (χ3v) is 6.28. The Balaban J connectivity index is 2.33. The molecule has 0 unspecified atom stereocenters. The van der Waals surface area contributed by atoms with Crippen molar-refractivity contribution in [3.63, 3.8) is 0 Å². The monoisotopic (exact) mass is 325 g/mol. The fourth-order valence-corrected chi connectivity index (χ4v) is 4.54. The smallest absolute Gasteiger partial charge is 0.308 e. The van der Waals surface area contributed by atoms with Gasteiger partial charge in [-0.25, -0.2) is 8.42 Å². The molecule has 0 fully saturated rings. The molecule has 7 heteroatoms. The summed E-state index contributed by atoms with van der Waals surface area (Å²) in [5.74, 6) is -0.979. The van der Waals surface area contributed by atoms with Gasteiger partial charge in [-0.3, -0.25) is 9.10 Å². The summed E-state index contributed by atoms with van der Waals surface area (Å²) in [6.45, 7) is 1.89. The molecule has 2 rings (SSSR count). The van der Waals surface area contributed by atoms with E-state index in [2.05, 4.69) is 0 Å². The zero-order valence-electron chi connectivity index (χ0n) is 11.6. The average molecular weight is 325 g/mol. The minimum Gasteiger partial charge on any atom is -0.481 e. The number of rotatable bonds is 5. The van der Waals surface area contributed by atoms with Crippen LogP contribution in [0.5, 0.6) is 0 Å². The zero-order valence-corrected chi connectivity index (χ0v) is 13.2. The molecule has 1 aromatic heterocycles. The van der Waals surface area contributed by atoms with Gasteiger partial charge in [0.25, 0.3) is 10.0 Å². The quantitative estimate of drug-likeness (QED) is 0.916. The molecule has 112 valence electrons. The molecule has 1 heterocycles. The predicted octanol–water partition coefficient (Wildman–Crippen LogP) is 2.51. The maximum atomic E-state index is 12.5. The van der Waals surface area contributed by atoms with Crippen molar-refractivity contribution < 1.29 is 18.3 Å². The van der Waals surface area contributed by atoms with Crippen LogP contribution in [0.15, 0.2) is 40.6 Å². The van der Waals surface area contributed by atoms with Gasteiger partial charge < -0.3 is 5.11 Å². The Labute approximate surface area is 127 Å². The van der Waals surface area contributed by atoms with Crippen molar-refractivity contribution in [1.82, 2.24) is 0 Å². The topological polar surface area (TPSA) is 74.7 Å². The Morgan fingerprint density at radius 3 is 2.62 bits per heavy atom. The van der Waals surface area contributed by atoms with Crippen LogP contribution in [0.3, 0.4) is 0 Å². The second-order valence-corrected chi connectivity index (χ2v) is 7.97. The number of sulfonamides is 1. The summed E-state index contributed by atoms with van der Waals surface area (Å²) in [6, 6.07) is 10.2. The van der Waals surface area contributed by atoms with E-state index >= 15 is 0 Å². The lowest BCUT2D eigenvalue weighted by Crippen LogP contribution is -2.25. The first-order chi connectivity index (χ1) is 9.80. The first-order valence-corrected chi connectivity index (χ1v) is 8.42. The molecule has 0 aliphatic heterocycles. The maximum Gasteiger partial charge on any atom is 0.308 e. The van der Waals surface area contributed by atoms with Gasteiger partial charge in [-0.15, -0.1) is 11.3 Å². The number of hydrogen-bond donors (Lipinski definition) is 1. The van der Waals surface area contributed by atoms with E-state index in [-0.39, 0.29) is 10.6 Å². The van der Waals surface area contributed by atoms with E-state index in [0.717, 1.165) is 16.9 Å². The van der Waals surface area contributed by atoms with Crippen LogP contribution in [0.4, 0.5) is 5.69 Å². The maximum absolute atomic E-state index is 12.5. The van der Waals surface area contributed by atoms with Crippen LogP contribution in [0.2, 0.25) is 0 Å². The van der Waals surface area contributed by atoms with Crippen molar-refractivity contribution >= 4 is 33.0 Å². The van der Waals surface area contributed by atoms with Gasteiger partial charge in [-0.05, 0) is 36.8 Å². The Morgan fingerprint density at radius 1 is 1.29 bits per heavy atom. The van der Waals surface area contributed by atoms with Gasteiger partial charge in [0.1, 0.15) is 4.21 Å². The van der Waals surface area contributed by atoms with Gasteiger partial charge in [-0.1, -0.05) is 12.1 Å². The molecule has 0 radical (unpaired) electrons. The first-order valence-electron chi connectivity index (χ1n) is 6.17. The summed E-state index contributed by atoms with van der Waals surface area (Å²) in [6.07, 6.45) is -0.172. The Kier molecular flexibility index (Phi) is 4.34. The summed E-state index contributed by atoms with van der Waals surface area (Å²) in [4.78, 5) is 11.2. The molecule has 21 heavy (non-hydrogen) atoms. The van der Waals surface area contributed by atoms with Gasteiger partial charge in [0.2, 0.25) is 0 Å². The molecule has 0 atom stereocenters. The number of nitrogens with zero attached hydrogens (tertiary/aromatic N) is 1. The summed E-state index contributed by atoms with van der Waals surface area (Å²) in [7, 11) is -2.18. The summed E-state index contributed by atoms with van der Waals surface area (Å²) in [5, 5.41) is 8.74. The minimum absolute atomic E-state index is 0.141. The SMILES string of the molecule is Cc1cccc(N(C)S(=O)(=O)c2ccc(CC(=O)O)s2)c1. The third-order valence-electron chi connectivity index (χ3n) is 2.94. The highest BCUT2D eigenvalue weighted by Gasteiger charge is 2.23. The number of carbonyl (C=O) groups is 1. The lowest BCUT2D eigenvalue weighted by molar-refractivity contribution is -0.136. The van der Waals surface area contributed by atoms with E-state index in [0.29, 0.717) is 10.6 Å². The Bertz CT molecular complexity index is 765. The molecule has 0 aliphatic carbocycles. The molecule has 2 aromatic rings. The normalized spacial score (nSPS) is 11.3. The lowest BCUT2D eigenvalue weighted by Gasteiger charge is -2.18. The standard InChI is InChI=1S/C14H15NO4S2/c1-10-4-3-5-11(8-10)15(2)21(18,19)14-7-6-12(20-14)9-13(16)17/h3-8H,9H2,1-2H3,(H,16,17). The molecule has 0 amide bonds. The molecular weight excluding hydrogens is 310 g/mol. The number of aliphatic carboxylic acids is 1. The molecule has 1 aromatic carbocycles. The van der Waals surface area contributed by atoms with E-state index < -0.39 is 16.0 Å². The number of thiophene rings is 1. The van der Waals surface area contributed by atoms with Crippen molar-refractivity contribution in [3.05, 3.63) is 46.8 Å². The molecule has 5 nitrogen and oxygen atoms in total. The van der Waals surface area contributed by atoms with Crippen molar-refractivity contribution in [2.24, 2.45) is 0 Å². The molecule has 0 spiro atoms. The van der Waals surface area contributed by atoms with Crippen molar-refractivity contribution in [3.8, 4) is 0 Å². The molecule has 0 bridgehead atoms. The second-order valence-electron chi connectivity index (χ2n) is 4.60. The number of carboxylic acid groups (broad SMARTS) is 1. The highest BCUT2D eigenvalue weighted by atomic mass is 32.2. The minimum atomic E-state index is -3.66. The number of anilines is 1. The summed E-state index contributed by atoms with van der Waals surface area (Å²) < 4.78 is 26.4. The Hall–Kier alpha value is -1.86. The van der Waals surface area contributed by atoms with E-state index in [9.17, 15) is 13.2 Å². The van der Waals surface area contributed by atoms with Gasteiger partial charge in [0.05, 0.1) is 12.1 Å². The number of carboxylic acids is 1. The Morgan fingerprint density at radius 2 is 2.00 bits per heavy atom. The van der Waals surface area contributed by atoms with E-state index in [1.54, 1.807) is 18.2 Å². The molecular formula is C14H15NO4S2. The fraction of sp³-hybridized carbons (Fsp3) is 0.214. The van der Waals surface area contributed by atoms with Gasteiger partial charge in [-0.2, -0.15) is 0 Å². The van der Waals surface area contributed by atoms with Crippen LogP contribution in [0.1, 0.15) is 10.4 Å².